The van der Waals surface area contributed by atoms with Crippen LogP contribution in [-0.4, -0.2) is 22.5 Å². The summed E-state index contributed by atoms with van der Waals surface area (Å²) in [5.41, 5.74) is 1.15. The zero-order valence-electron chi connectivity index (χ0n) is 10.6. The van der Waals surface area contributed by atoms with E-state index in [2.05, 4.69) is 0 Å². The minimum Gasteiger partial charge on any atom is -0.508 e. The van der Waals surface area contributed by atoms with Crippen LogP contribution in [0.3, 0.4) is 0 Å². The number of aliphatic hydroxyl groups is 1. The molecule has 2 rings (SSSR count). The van der Waals surface area contributed by atoms with Gasteiger partial charge in [-0.05, 0) is 35.9 Å². The maximum Gasteiger partial charge on any atom is 0.340 e. The number of esters is 1. The molecule has 102 valence electrons. The fourth-order valence-corrected chi connectivity index (χ4v) is 1.57. The van der Waals surface area contributed by atoms with Crippen LogP contribution < -0.4 is 0 Å². The zero-order valence-corrected chi connectivity index (χ0v) is 10.6. The molecule has 0 aromatic heterocycles. The summed E-state index contributed by atoms with van der Waals surface area (Å²) in [6, 6.07) is 15.0. The van der Waals surface area contributed by atoms with E-state index in [1.807, 2.05) is 30.3 Å². The van der Waals surface area contributed by atoms with Gasteiger partial charge in [0.05, 0.1) is 5.56 Å². The molecule has 0 bridgehead atoms. The van der Waals surface area contributed by atoms with Crippen molar-refractivity contribution in [2.45, 2.75) is 6.29 Å². The zero-order chi connectivity index (χ0) is 14.4. The smallest absolute Gasteiger partial charge is 0.340 e. The largest absolute Gasteiger partial charge is 0.508 e. The lowest BCUT2D eigenvalue weighted by atomic mass is 10.2. The molecular weight excluding hydrogens is 256 g/mol. The summed E-state index contributed by atoms with van der Waals surface area (Å²) in [7, 11) is 0. The molecule has 0 radical (unpaired) electrons. The van der Waals surface area contributed by atoms with Crippen LogP contribution in [-0.2, 0) is 4.74 Å². The summed E-state index contributed by atoms with van der Waals surface area (Å²) >= 11 is 0. The second-order valence-electron chi connectivity index (χ2n) is 4.11. The second-order valence-corrected chi connectivity index (χ2v) is 4.11. The van der Waals surface area contributed by atoms with Crippen LogP contribution in [0.15, 0.2) is 60.7 Å². The molecule has 1 atom stereocenters. The van der Waals surface area contributed by atoms with Gasteiger partial charge in [-0.3, -0.25) is 0 Å². The third-order valence-corrected chi connectivity index (χ3v) is 2.58. The summed E-state index contributed by atoms with van der Waals surface area (Å²) in [6.45, 7) is 0. The van der Waals surface area contributed by atoms with E-state index in [1.165, 1.54) is 30.3 Å². The van der Waals surface area contributed by atoms with E-state index < -0.39 is 12.3 Å². The first-order chi connectivity index (χ1) is 9.65. The first-order valence-electron chi connectivity index (χ1n) is 6.06. The number of phenols is 1. The van der Waals surface area contributed by atoms with E-state index in [0.29, 0.717) is 0 Å². The van der Waals surface area contributed by atoms with Crippen LogP contribution in [0.2, 0.25) is 0 Å². The average Bonchev–Trinajstić information content (AvgIpc) is 2.47. The number of benzene rings is 2. The first-order valence-corrected chi connectivity index (χ1v) is 6.06. The molecule has 0 fully saturated rings. The molecule has 0 spiro atoms. The van der Waals surface area contributed by atoms with Crippen LogP contribution in [0, 0.1) is 0 Å². The molecule has 4 nitrogen and oxygen atoms in total. The SMILES string of the molecule is O=C(OC(O)/C=C/c1ccccc1)c1ccc(O)cc1. The van der Waals surface area contributed by atoms with Gasteiger partial charge in [0, 0.05) is 0 Å². The van der Waals surface area contributed by atoms with Gasteiger partial charge in [0.15, 0.2) is 0 Å². The van der Waals surface area contributed by atoms with Crippen molar-refractivity contribution in [3.63, 3.8) is 0 Å². The normalized spacial score (nSPS) is 12.2. The van der Waals surface area contributed by atoms with Gasteiger partial charge < -0.3 is 14.9 Å². The molecule has 0 saturated carbocycles. The number of phenolic OH excluding ortho intramolecular Hbond substituents is 1. The van der Waals surface area contributed by atoms with Crippen LogP contribution in [0.1, 0.15) is 15.9 Å². The van der Waals surface area contributed by atoms with E-state index >= 15 is 0 Å². The Morgan fingerprint density at radius 3 is 2.35 bits per heavy atom. The molecule has 2 N–H and O–H groups in total. The molecule has 2 aromatic carbocycles. The van der Waals surface area contributed by atoms with Gasteiger partial charge in [-0.15, -0.1) is 0 Å². The van der Waals surface area contributed by atoms with E-state index in [4.69, 9.17) is 9.84 Å². The lowest BCUT2D eigenvalue weighted by molar-refractivity contribution is -0.0347. The Morgan fingerprint density at radius 2 is 1.70 bits per heavy atom. The Hall–Kier alpha value is -2.59. The van der Waals surface area contributed by atoms with Gasteiger partial charge in [-0.2, -0.15) is 0 Å². The molecule has 0 heterocycles. The molecule has 20 heavy (non-hydrogen) atoms. The average molecular weight is 270 g/mol. The van der Waals surface area contributed by atoms with Crippen molar-refractivity contribution in [3.05, 3.63) is 71.8 Å². The minimum absolute atomic E-state index is 0.0612. The molecular formula is C16H14O4. The molecule has 0 aliphatic heterocycles. The van der Waals surface area contributed by atoms with Crippen LogP contribution >= 0.6 is 0 Å². The van der Waals surface area contributed by atoms with Gasteiger partial charge >= 0.3 is 5.97 Å². The maximum absolute atomic E-state index is 11.7. The summed E-state index contributed by atoms with van der Waals surface area (Å²) in [5, 5.41) is 18.7. The topological polar surface area (TPSA) is 66.8 Å². The van der Waals surface area contributed by atoms with Gasteiger partial charge in [0.25, 0.3) is 0 Å². The highest BCUT2D eigenvalue weighted by Gasteiger charge is 2.10. The number of hydrogen-bond donors (Lipinski definition) is 2. The van der Waals surface area contributed by atoms with Gasteiger partial charge in [-0.1, -0.05) is 36.4 Å². The Labute approximate surface area is 116 Å². The highest BCUT2D eigenvalue weighted by molar-refractivity contribution is 5.89. The summed E-state index contributed by atoms with van der Waals surface area (Å²) in [5.74, 6) is -0.596. The van der Waals surface area contributed by atoms with Crippen LogP contribution in [0.25, 0.3) is 6.08 Å². The molecule has 2 aromatic rings. The van der Waals surface area contributed by atoms with Gasteiger partial charge in [0.2, 0.25) is 6.29 Å². The molecule has 4 heteroatoms. The Morgan fingerprint density at radius 1 is 1.05 bits per heavy atom. The first kappa shape index (κ1) is 13.8. The van der Waals surface area contributed by atoms with Crippen molar-refractivity contribution in [3.8, 4) is 5.75 Å². The highest BCUT2D eigenvalue weighted by Crippen LogP contribution is 2.11. The Bertz CT molecular complexity index is 588. The lowest BCUT2D eigenvalue weighted by Crippen LogP contribution is -2.15. The second kappa shape index (κ2) is 6.54. The number of rotatable bonds is 4. The number of carbonyl (C=O) groups excluding carboxylic acids is 1. The maximum atomic E-state index is 11.7. The number of carbonyl (C=O) groups is 1. The fourth-order valence-electron chi connectivity index (χ4n) is 1.57. The number of hydrogen-bond acceptors (Lipinski definition) is 4. The van der Waals surface area contributed by atoms with Crippen molar-refractivity contribution in [1.82, 2.24) is 0 Å². The van der Waals surface area contributed by atoms with E-state index in [-0.39, 0.29) is 11.3 Å². The van der Waals surface area contributed by atoms with Gasteiger partial charge in [-0.25, -0.2) is 4.79 Å². The molecule has 1 unspecified atom stereocenters. The molecule has 0 saturated heterocycles. The standard InChI is InChI=1S/C16H14O4/c17-14-9-7-13(8-10-14)16(19)20-15(18)11-6-12-4-2-1-3-5-12/h1-11,15,17-18H/b11-6+. The highest BCUT2D eigenvalue weighted by atomic mass is 16.6. The predicted octanol–water partition coefficient (Wildman–Crippen LogP) is 2.58. The van der Waals surface area contributed by atoms with Crippen molar-refractivity contribution < 1.29 is 19.7 Å². The third-order valence-electron chi connectivity index (χ3n) is 2.58. The van der Waals surface area contributed by atoms with Crippen molar-refractivity contribution >= 4 is 12.0 Å². The third kappa shape index (κ3) is 3.96. The Balaban J connectivity index is 1.94. The van der Waals surface area contributed by atoms with Crippen molar-refractivity contribution in [2.24, 2.45) is 0 Å². The summed E-state index contributed by atoms with van der Waals surface area (Å²) in [4.78, 5) is 11.7. The monoisotopic (exact) mass is 270 g/mol. The number of aliphatic hydroxyl groups excluding tert-OH is 1. The summed E-state index contributed by atoms with van der Waals surface area (Å²) < 4.78 is 4.85. The van der Waals surface area contributed by atoms with Crippen LogP contribution in [0.5, 0.6) is 5.75 Å². The molecule has 0 aliphatic rings. The molecule has 0 aliphatic carbocycles. The minimum atomic E-state index is -1.32. The quantitative estimate of drug-likeness (QED) is 0.662. The lowest BCUT2D eigenvalue weighted by Gasteiger charge is -2.08. The van der Waals surface area contributed by atoms with E-state index in [1.54, 1.807) is 6.08 Å². The number of aromatic hydroxyl groups is 1. The van der Waals surface area contributed by atoms with E-state index in [0.717, 1.165) is 5.56 Å². The Kier molecular flexibility index (Phi) is 4.52. The van der Waals surface area contributed by atoms with E-state index in [9.17, 15) is 9.90 Å². The van der Waals surface area contributed by atoms with Crippen LogP contribution in [0.4, 0.5) is 0 Å². The van der Waals surface area contributed by atoms with Crippen molar-refractivity contribution in [2.75, 3.05) is 0 Å². The van der Waals surface area contributed by atoms with Crippen molar-refractivity contribution in [1.29, 1.82) is 0 Å². The summed E-state index contributed by atoms with van der Waals surface area (Å²) in [6.07, 6.45) is 1.72. The number of ether oxygens (including phenoxy) is 1. The fraction of sp³-hybridized carbons (Fsp3) is 0.0625. The van der Waals surface area contributed by atoms with Gasteiger partial charge in [0.1, 0.15) is 5.75 Å². The predicted molar refractivity (Wildman–Crippen MR) is 75.0 cm³/mol. The molecule has 0 amide bonds.